The number of anilines is 2. The molecule has 1 N–H and O–H groups in total. The minimum atomic E-state index is 0.908. The van der Waals surface area contributed by atoms with E-state index in [1.165, 1.54) is 55.7 Å². The van der Waals surface area contributed by atoms with Crippen LogP contribution in [0.1, 0.15) is 31.7 Å². The highest BCUT2D eigenvalue weighted by atomic mass is 15.1. The summed E-state index contributed by atoms with van der Waals surface area (Å²) in [5.41, 5.74) is 4.29. The molecule has 2 aliphatic heterocycles. The molecule has 92 valence electrons. The summed E-state index contributed by atoms with van der Waals surface area (Å²) in [6.45, 7) is 5.96. The molecule has 3 rings (SSSR count). The molecule has 0 atom stereocenters. The predicted molar refractivity (Wildman–Crippen MR) is 73.9 cm³/mol. The summed E-state index contributed by atoms with van der Waals surface area (Å²) < 4.78 is 0. The summed E-state index contributed by atoms with van der Waals surface area (Å²) in [4.78, 5) is 2.55. The van der Waals surface area contributed by atoms with Gasteiger partial charge in [-0.3, -0.25) is 0 Å². The van der Waals surface area contributed by atoms with Gasteiger partial charge in [0.05, 0.1) is 0 Å². The third-order valence-corrected chi connectivity index (χ3v) is 4.18. The van der Waals surface area contributed by atoms with Crippen molar-refractivity contribution in [3.63, 3.8) is 0 Å². The molecule has 0 unspecified atom stereocenters. The van der Waals surface area contributed by atoms with E-state index in [-0.39, 0.29) is 0 Å². The van der Waals surface area contributed by atoms with Crippen molar-refractivity contribution in [1.29, 1.82) is 0 Å². The van der Waals surface area contributed by atoms with Crippen molar-refractivity contribution < 1.29 is 0 Å². The molecule has 0 spiro atoms. The molecular weight excluding hydrogens is 208 g/mol. The van der Waals surface area contributed by atoms with Gasteiger partial charge in [0.1, 0.15) is 0 Å². The quantitative estimate of drug-likeness (QED) is 0.796. The molecule has 0 saturated carbocycles. The highest BCUT2D eigenvalue weighted by Crippen LogP contribution is 2.29. The first-order chi connectivity index (χ1) is 8.33. The maximum atomic E-state index is 3.48. The van der Waals surface area contributed by atoms with Crippen LogP contribution in [0.15, 0.2) is 18.2 Å². The van der Waals surface area contributed by atoms with Gasteiger partial charge in [-0.2, -0.15) is 0 Å². The Hall–Kier alpha value is -1.18. The summed E-state index contributed by atoms with van der Waals surface area (Å²) >= 11 is 0. The van der Waals surface area contributed by atoms with Gasteiger partial charge >= 0.3 is 0 Å². The van der Waals surface area contributed by atoms with Crippen molar-refractivity contribution in [1.82, 2.24) is 0 Å². The first-order valence-corrected chi connectivity index (χ1v) is 6.95. The zero-order valence-electron chi connectivity index (χ0n) is 10.7. The molecular formula is C15H22N2. The van der Waals surface area contributed by atoms with E-state index < -0.39 is 0 Å². The third-order valence-electron chi connectivity index (χ3n) is 4.18. The van der Waals surface area contributed by atoms with Crippen molar-refractivity contribution in [2.24, 2.45) is 5.92 Å². The lowest BCUT2D eigenvalue weighted by Crippen LogP contribution is -2.32. The van der Waals surface area contributed by atoms with Crippen molar-refractivity contribution >= 4 is 11.4 Å². The monoisotopic (exact) mass is 230 g/mol. The van der Waals surface area contributed by atoms with E-state index in [4.69, 9.17) is 0 Å². The predicted octanol–water partition coefficient (Wildman–Crippen LogP) is 3.28. The summed E-state index contributed by atoms with van der Waals surface area (Å²) in [5.74, 6) is 0.908. The molecule has 2 heteroatoms. The minimum Gasteiger partial charge on any atom is -0.385 e. The lowest BCUT2D eigenvalue weighted by atomic mass is 9.97. The van der Waals surface area contributed by atoms with Gasteiger partial charge in [0.2, 0.25) is 0 Å². The molecule has 17 heavy (non-hydrogen) atoms. The molecule has 1 aromatic carbocycles. The maximum Gasteiger partial charge on any atom is 0.0374 e. The summed E-state index contributed by atoms with van der Waals surface area (Å²) in [6.07, 6.45) is 5.19. The summed E-state index contributed by atoms with van der Waals surface area (Å²) in [6, 6.07) is 6.95. The lowest BCUT2D eigenvalue weighted by molar-refractivity contribution is 0.438. The standard InChI is InChI=1S/C15H22N2/c1-12-6-9-17(10-7-12)14-4-5-15-13(11-14)3-2-8-16-15/h4-5,11-12,16H,2-3,6-10H2,1H3. The summed E-state index contributed by atoms with van der Waals surface area (Å²) in [7, 11) is 0. The van der Waals surface area contributed by atoms with Crippen LogP contribution in [-0.2, 0) is 6.42 Å². The lowest BCUT2D eigenvalue weighted by Gasteiger charge is -2.33. The Morgan fingerprint density at radius 3 is 2.88 bits per heavy atom. The Kier molecular flexibility index (Phi) is 2.96. The Bertz CT molecular complexity index is 392. The molecule has 1 fully saturated rings. The Balaban J connectivity index is 1.79. The molecule has 1 saturated heterocycles. The molecule has 2 nitrogen and oxygen atoms in total. The van der Waals surface area contributed by atoms with E-state index in [1.54, 1.807) is 0 Å². The number of nitrogens with zero attached hydrogens (tertiary/aromatic N) is 1. The van der Waals surface area contributed by atoms with Gasteiger partial charge < -0.3 is 10.2 Å². The molecule has 2 heterocycles. The van der Waals surface area contributed by atoms with Gasteiger partial charge in [-0.1, -0.05) is 6.92 Å². The zero-order chi connectivity index (χ0) is 11.7. The second-order valence-electron chi connectivity index (χ2n) is 5.54. The van der Waals surface area contributed by atoms with E-state index in [2.05, 4.69) is 35.3 Å². The second kappa shape index (κ2) is 4.59. The fourth-order valence-corrected chi connectivity index (χ4v) is 2.92. The van der Waals surface area contributed by atoms with Crippen molar-refractivity contribution in [3.05, 3.63) is 23.8 Å². The average molecular weight is 230 g/mol. The minimum absolute atomic E-state index is 0.908. The first-order valence-electron chi connectivity index (χ1n) is 6.95. The van der Waals surface area contributed by atoms with Crippen LogP contribution in [0.2, 0.25) is 0 Å². The highest BCUT2D eigenvalue weighted by molar-refractivity contribution is 5.61. The maximum absolute atomic E-state index is 3.48. The van der Waals surface area contributed by atoms with Crippen LogP contribution < -0.4 is 10.2 Å². The van der Waals surface area contributed by atoms with Gasteiger partial charge in [0.25, 0.3) is 0 Å². The number of benzene rings is 1. The van der Waals surface area contributed by atoms with Gasteiger partial charge in [-0.05, 0) is 55.4 Å². The average Bonchev–Trinajstić information content (AvgIpc) is 2.39. The molecule has 0 radical (unpaired) electrons. The molecule has 2 aliphatic rings. The number of hydrogen-bond acceptors (Lipinski definition) is 2. The molecule has 1 aromatic rings. The number of fused-ring (bicyclic) bond motifs is 1. The van der Waals surface area contributed by atoms with Gasteiger partial charge in [-0.15, -0.1) is 0 Å². The van der Waals surface area contributed by atoms with E-state index in [9.17, 15) is 0 Å². The van der Waals surface area contributed by atoms with Crippen molar-refractivity contribution in [2.45, 2.75) is 32.6 Å². The van der Waals surface area contributed by atoms with Crippen molar-refractivity contribution in [2.75, 3.05) is 29.9 Å². The van der Waals surface area contributed by atoms with Gasteiger partial charge in [0.15, 0.2) is 0 Å². The SMILES string of the molecule is CC1CCN(c2ccc3c(c2)CCCN3)CC1. The fourth-order valence-electron chi connectivity index (χ4n) is 2.92. The topological polar surface area (TPSA) is 15.3 Å². The van der Waals surface area contributed by atoms with E-state index in [1.807, 2.05) is 0 Å². The van der Waals surface area contributed by atoms with Crippen LogP contribution in [-0.4, -0.2) is 19.6 Å². The van der Waals surface area contributed by atoms with Crippen LogP contribution in [0.25, 0.3) is 0 Å². The molecule has 0 aliphatic carbocycles. The Labute approximate surface area is 104 Å². The molecule has 0 amide bonds. The van der Waals surface area contributed by atoms with Crippen LogP contribution in [0.3, 0.4) is 0 Å². The zero-order valence-corrected chi connectivity index (χ0v) is 10.7. The third kappa shape index (κ3) is 2.26. The smallest absolute Gasteiger partial charge is 0.0374 e. The Morgan fingerprint density at radius 2 is 2.06 bits per heavy atom. The first kappa shape index (κ1) is 10.9. The van der Waals surface area contributed by atoms with E-state index in [0.717, 1.165) is 12.5 Å². The van der Waals surface area contributed by atoms with Gasteiger partial charge in [-0.25, -0.2) is 0 Å². The number of nitrogens with one attached hydrogen (secondary N) is 1. The normalized spacial score (nSPS) is 20.9. The van der Waals surface area contributed by atoms with E-state index in [0.29, 0.717) is 0 Å². The fraction of sp³-hybridized carbons (Fsp3) is 0.600. The number of piperidine rings is 1. The van der Waals surface area contributed by atoms with Crippen LogP contribution in [0.4, 0.5) is 11.4 Å². The van der Waals surface area contributed by atoms with Crippen LogP contribution in [0, 0.1) is 5.92 Å². The molecule has 0 aromatic heterocycles. The van der Waals surface area contributed by atoms with Crippen molar-refractivity contribution in [3.8, 4) is 0 Å². The number of aryl methyl sites for hydroxylation is 1. The largest absolute Gasteiger partial charge is 0.385 e. The van der Waals surface area contributed by atoms with Gasteiger partial charge in [0, 0.05) is 31.0 Å². The number of rotatable bonds is 1. The van der Waals surface area contributed by atoms with Crippen LogP contribution >= 0.6 is 0 Å². The highest BCUT2D eigenvalue weighted by Gasteiger charge is 2.17. The Morgan fingerprint density at radius 1 is 1.24 bits per heavy atom. The molecule has 0 bridgehead atoms. The summed E-state index contributed by atoms with van der Waals surface area (Å²) in [5, 5.41) is 3.48. The van der Waals surface area contributed by atoms with E-state index >= 15 is 0 Å². The number of hydrogen-bond donors (Lipinski definition) is 1. The second-order valence-corrected chi connectivity index (χ2v) is 5.54. The van der Waals surface area contributed by atoms with Crippen LogP contribution in [0.5, 0.6) is 0 Å².